The first-order valence-corrected chi connectivity index (χ1v) is 8.20. The number of aryl methyl sites for hydroxylation is 1. The van der Waals surface area contributed by atoms with Gasteiger partial charge in [-0.1, -0.05) is 6.58 Å². The lowest BCUT2D eigenvalue weighted by atomic mass is 10.1. The summed E-state index contributed by atoms with van der Waals surface area (Å²) in [6, 6.07) is 4.02. The molecule has 4 aromatic heterocycles. The fourth-order valence-corrected chi connectivity index (χ4v) is 2.87. The Balaban J connectivity index is 1.91. The van der Waals surface area contributed by atoms with Crippen LogP contribution in [0.4, 0.5) is 0 Å². The third-order valence-electron chi connectivity index (χ3n) is 4.31. The molecule has 9 nitrogen and oxygen atoms in total. The SMILES string of the molecule is C=C(C(N)=O)c1cnc(-c2cc(-c3cnn(C)c3)cn3ncc(C#N)c23)nc1. The summed E-state index contributed by atoms with van der Waals surface area (Å²) in [7, 11) is 1.83. The Labute approximate surface area is 159 Å². The van der Waals surface area contributed by atoms with Gasteiger partial charge in [-0.05, 0) is 6.07 Å². The molecule has 0 radical (unpaired) electrons. The van der Waals surface area contributed by atoms with E-state index in [0.29, 0.717) is 28.0 Å². The summed E-state index contributed by atoms with van der Waals surface area (Å²) in [6.07, 6.45) is 9.88. The van der Waals surface area contributed by atoms with Gasteiger partial charge in [0.2, 0.25) is 5.91 Å². The second-order valence-corrected chi connectivity index (χ2v) is 6.15. The smallest absolute Gasteiger partial charge is 0.248 e. The molecule has 4 heterocycles. The molecule has 4 aromatic rings. The molecule has 0 fully saturated rings. The number of pyridine rings is 1. The highest BCUT2D eigenvalue weighted by atomic mass is 16.1. The van der Waals surface area contributed by atoms with Gasteiger partial charge in [0.1, 0.15) is 6.07 Å². The Hall–Kier alpha value is -4.32. The van der Waals surface area contributed by atoms with Crippen LogP contribution in [-0.2, 0) is 11.8 Å². The molecule has 28 heavy (non-hydrogen) atoms. The molecule has 0 aliphatic heterocycles. The Morgan fingerprint density at radius 1 is 1.14 bits per heavy atom. The molecule has 0 bridgehead atoms. The average molecular weight is 370 g/mol. The van der Waals surface area contributed by atoms with Crippen LogP contribution in [0.2, 0.25) is 0 Å². The zero-order chi connectivity index (χ0) is 19.8. The monoisotopic (exact) mass is 370 g/mol. The number of nitrogens with zero attached hydrogens (tertiary/aromatic N) is 7. The van der Waals surface area contributed by atoms with E-state index in [-0.39, 0.29) is 5.57 Å². The molecule has 0 saturated carbocycles. The first-order valence-electron chi connectivity index (χ1n) is 8.20. The summed E-state index contributed by atoms with van der Waals surface area (Å²) in [5.74, 6) is -0.256. The fraction of sp³-hybridized carbons (Fsp3) is 0.0526. The molecule has 0 aromatic carbocycles. The van der Waals surface area contributed by atoms with Gasteiger partial charge in [0, 0.05) is 59.7 Å². The van der Waals surface area contributed by atoms with Gasteiger partial charge in [-0.15, -0.1) is 0 Å². The number of carbonyl (C=O) groups excluding carboxylic acids is 1. The van der Waals surface area contributed by atoms with E-state index in [1.54, 1.807) is 15.4 Å². The van der Waals surface area contributed by atoms with E-state index in [9.17, 15) is 10.1 Å². The average Bonchev–Trinajstić information content (AvgIpc) is 3.32. The Morgan fingerprint density at radius 3 is 2.50 bits per heavy atom. The molecule has 1 amide bonds. The molecule has 2 N–H and O–H groups in total. The summed E-state index contributed by atoms with van der Waals surface area (Å²) < 4.78 is 3.32. The number of rotatable bonds is 4. The minimum absolute atomic E-state index is 0.128. The maximum atomic E-state index is 11.3. The van der Waals surface area contributed by atoms with E-state index in [0.717, 1.165) is 11.1 Å². The lowest BCUT2D eigenvalue weighted by Gasteiger charge is -2.08. The van der Waals surface area contributed by atoms with Crippen molar-refractivity contribution in [1.29, 1.82) is 5.26 Å². The Bertz CT molecular complexity index is 1270. The van der Waals surface area contributed by atoms with Gasteiger partial charge in [-0.25, -0.2) is 14.5 Å². The summed E-state index contributed by atoms with van der Waals surface area (Å²) in [5.41, 5.74) is 9.18. The van der Waals surface area contributed by atoms with Crippen molar-refractivity contribution in [3.63, 3.8) is 0 Å². The predicted molar refractivity (Wildman–Crippen MR) is 101 cm³/mol. The summed E-state index contributed by atoms with van der Waals surface area (Å²) in [5, 5.41) is 17.9. The molecule has 0 aliphatic rings. The molecule has 0 unspecified atom stereocenters. The molecule has 4 rings (SSSR count). The molecule has 0 saturated heterocycles. The second-order valence-electron chi connectivity index (χ2n) is 6.15. The summed E-state index contributed by atoms with van der Waals surface area (Å²) in [4.78, 5) is 20.0. The lowest BCUT2D eigenvalue weighted by molar-refractivity contribution is -0.112. The van der Waals surface area contributed by atoms with Crippen molar-refractivity contribution in [2.75, 3.05) is 0 Å². The van der Waals surface area contributed by atoms with Crippen molar-refractivity contribution in [2.45, 2.75) is 0 Å². The number of nitriles is 1. The van der Waals surface area contributed by atoms with Gasteiger partial charge in [-0.3, -0.25) is 9.48 Å². The van der Waals surface area contributed by atoms with Crippen LogP contribution in [0.15, 0.2) is 49.8 Å². The quantitative estimate of drug-likeness (QED) is 0.543. The van der Waals surface area contributed by atoms with E-state index in [1.807, 2.05) is 25.5 Å². The van der Waals surface area contributed by atoms with Crippen molar-refractivity contribution < 1.29 is 4.79 Å². The van der Waals surface area contributed by atoms with Crippen LogP contribution in [0.25, 0.3) is 33.6 Å². The first kappa shape index (κ1) is 17.1. The molecule has 0 spiro atoms. The molecular weight excluding hydrogens is 356 g/mol. The lowest BCUT2D eigenvalue weighted by Crippen LogP contribution is -2.12. The molecule has 9 heteroatoms. The maximum Gasteiger partial charge on any atom is 0.248 e. The topological polar surface area (TPSA) is 128 Å². The predicted octanol–water partition coefficient (Wildman–Crippen LogP) is 1.56. The zero-order valence-corrected chi connectivity index (χ0v) is 14.9. The number of amides is 1. The number of nitrogens with two attached hydrogens (primary N) is 1. The van der Waals surface area contributed by atoms with Crippen LogP contribution >= 0.6 is 0 Å². The molecule has 0 aliphatic carbocycles. The third kappa shape index (κ3) is 2.79. The summed E-state index contributed by atoms with van der Waals surface area (Å²) >= 11 is 0. The standard InChI is InChI=1S/C19H14N8O/c1-11(18(21)28)14-5-22-19(23-6-14)16-3-12(15-8-24-26(2)9-15)10-27-17(16)13(4-20)7-25-27/h3,5-10H,1H2,2H3,(H2,21,28). The van der Waals surface area contributed by atoms with Gasteiger partial charge < -0.3 is 5.73 Å². The first-order chi connectivity index (χ1) is 13.5. The Kier molecular flexibility index (Phi) is 3.94. The largest absolute Gasteiger partial charge is 0.366 e. The number of aromatic nitrogens is 6. The highest BCUT2D eigenvalue weighted by Crippen LogP contribution is 2.30. The van der Waals surface area contributed by atoms with E-state index in [1.165, 1.54) is 18.6 Å². The van der Waals surface area contributed by atoms with E-state index in [4.69, 9.17) is 5.73 Å². The van der Waals surface area contributed by atoms with Crippen LogP contribution in [0, 0.1) is 11.3 Å². The maximum absolute atomic E-state index is 11.3. The van der Waals surface area contributed by atoms with Crippen molar-refractivity contribution in [1.82, 2.24) is 29.4 Å². The van der Waals surface area contributed by atoms with E-state index >= 15 is 0 Å². The second kappa shape index (κ2) is 6.44. The van der Waals surface area contributed by atoms with E-state index in [2.05, 4.69) is 32.8 Å². The summed E-state index contributed by atoms with van der Waals surface area (Å²) in [6.45, 7) is 3.63. The molecule has 136 valence electrons. The third-order valence-corrected chi connectivity index (χ3v) is 4.31. The van der Waals surface area contributed by atoms with Gasteiger partial charge in [-0.2, -0.15) is 15.5 Å². The molecular formula is C19H14N8O. The van der Waals surface area contributed by atoms with Gasteiger partial charge in [0.05, 0.1) is 23.5 Å². The number of hydrogen-bond acceptors (Lipinski definition) is 6. The number of primary amides is 1. The van der Waals surface area contributed by atoms with Crippen LogP contribution < -0.4 is 5.73 Å². The number of carbonyl (C=O) groups is 1. The minimum atomic E-state index is -0.639. The number of fused-ring (bicyclic) bond motifs is 1. The molecule has 0 atom stereocenters. The van der Waals surface area contributed by atoms with Gasteiger partial charge in [0.15, 0.2) is 5.82 Å². The van der Waals surface area contributed by atoms with Crippen LogP contribution in [-0.4, -0.2) is 35.3 Å². The van der Waals surface area contributed by atoms with Crippen LogP contribution in [0.1, 0.15) is 11.1 Å². The normalized spacial score (nSPS) is 10.7. The van der Waals surface area contributed by atoms with Crippen molar-refractivity contribution in [2.24, 2.45) is 12.8 Å². The van der Waals surface area contributed by atoms with E-state index < -0.39 is 5.91 Å². The van der Waals surface area contributed by atoms with Crippen molar-refractivity contribution >= 4 is 17.0 Å². The highest BCUT2D eigenvalue weighted by Gasteiger charge is 2.16. The van der Waals surface area contributed by atoms with Crippen molar-refractivity contribution in [3.8, 4) is 28.6 Å². The van der Waals surface area contributed by atoms with Gasteiger partial charge >= 0.3 is 0 Å². The highest BCUT2D eigenvalue weighted by molar-refractivity contribution is 6.17. The van der Waals surface area contributed by atoms with Crippen LogP contribution in [0.5, 0.6) is 0 Å². The van der Waals surface area contributed by atoms with Crippen molar-refractivity contribution in [3.05, 3.63) is 61.0 Å². The fourth-order valence-electron chi connectivity index (χ4n) is 2.87. The minimum Gasteiger partial charge on any atom is -0.366 e. The number of hydrogen-bond donors (Lipinski definition) is 1. The zero-order valence-electron chi connectivity index (χ0n) is 14.9. The van der Waals surface area contributed by atoms with Gasteiger partial charge in [0.25, 0.3) is 0 Å². The Morgan fingerprint density at radius 2 is 1.89 bits per heavy atom. The van der Waals surface area contributed by atoms with Crippen LogP contribution in [0.3, 0.4) is 0 Å².